The van der Waals surface area contributed by atoms with Crippen molar-refractivity contribution in [3.05, 3.63) is 95.9 Å². The summed E-state index contributed by atoms with van der Waals surface area (Å²) in [7, 11) is 0. The highest BCUT2D eigenvalue weighted by atomic mass is 19.4. The predicted molar refractivity (Wildman–Crippen MR) is 110 cm³/mol. The van der Waals surface area contributed by atoms with Gasteiger partial charge in [-0.2, -0.15) is 18.3 Å². The van der Waals surface area contributed by atoms with Gasteiger partial charge in [-0.15, -0.1) is 0 Å². The van der Waals surface area contributed by atoms with Crippen molar-refractivity contribution >= 4 is 5.91 Å². The van der Waals surface area contributed by atoms with Crippen LogP contribution in [-0.4, -0.2) is 21.1 Å². The number of carbonyl (C=O) groups excluding carboxylic acids is 1. The van der Waals surface area contributed by atoms with E-state index in [9.17, 15) is 18.0 Å². The van der Waals surface area contributed by atoms with Gasteiger partial charge in [-0.1, -0.05) is 18.2 Å². The molecule has 0 aliphatic rings. The quantitative estimate of drug-likeness (QED) is 0.471. The minimum atomic E-state index is -4.43. The molecule has 156 valence electrons. The third-order valence-corrected chi connectivity index (χ3v) is 4.77. The van der Waals surface area contributed by atoms with Gasteiger partial charge in [0, 0.05) is 35.6 Å². The molecule has 0 fully saturated rings. The molecule has 2 heterocycles. The minimum Gasteiger partial charge on any atom is -0.348 e. The average Bonchev–Trinajstić information content (AvgIpc) is 3.28. The highest BCUT2D eigenvalue weighted by Crippen LogP contribution is 2.30. The fourth-order valence-electron chi connectivity index (χ4n) is 3.19. The van der Waals surface area contributed by atoms with Gasteiger partial charge in [-0.3, -0.25) is 14.9 Å². The van der Waals surface area contributed by atoms with Crippen LogP contribution in [0, 0.1) is 0 Å². The maximum absolute atomic E-state index is 12.7. The number of rotatable bonds is 5. The zero-order valence-corrected chi connectivity index (χ0v) is 16.1. The van der Waals surface area contributed by atoms with Crippen molar-refractivity contribution in [3.63, 3.8) is 0 Å². The Morgan fingerprint density at radius 3 is 2.42 bits per heavy atom. The number of aromatic amines is 1. The van der Waals surface area contributed by atoms with E-state index in [4.69, 9.17) is 0 Å². The number of nitrogens with zero attached hydrogens (tertiary/aromatic N) is 2. The van der Waals surface area contributed by atoms with Gasteiger partial charge in [0.25, 0.3) is 5.91 Å². The number of amides is 1. The number of nitrogens with one attached hydrogen (secondary N) is 2. The highest BCUT2D eigenvalue weighted by Gasteiger charge is 2.30. The zero-order valence-electron chi connectivity index (χ0n) is 16.1. The van der Waals surface area contributed by atoms with E-state index < -0.39 is 17.6 Å². The van der Waals surface area contributed by atoms with Gasteiger partial charge in [0.15, 0.2) is 0 Å². The summed E-state index contributed by atoms with van der Waals surface area (Å²) in [6.07, 6.45) is 0.722. The lowest BCUT2D eigenvalue weighted by atomic mass is 10.0. The Morgan fingerprint density at radius 1 is 0.968 bits per heavy atom. The van der Waals surface area contributed by atoms with Gasteiger partial charge in [-0.05, 0) is 53.6 Å². The Morgan fingerprint density at radius 2 is 1.71 bits per heavy atom. The number of halogens is 3. The minimum absolute atomic E-state index is 0.165. The average molecular weight is 422 g/mol. The van der Waals surface area contributed by atoms with E-state index in [0.717, 1.165) is 40.1 Å². The van der Waals surface area contributed by atoms with E-state index in [1.165, 1.54) is 12.1 Å². The number of pyridine rings is 1. The van der Waals surface area contributed by atoms with Gasteiger partial charge < -0.3 is 5.32 Å². The zero-order chi connectivity index (χ0) is 21.8. The van der Waals surface area contributed by atoms with Crippen LogP contribution in [0.3, 0.4) is 0 Å². The number of benzene rings is 2. The molecular formula is C23H17F3N4O. The van der Waals surface area contributed by atoms with Crippen molar-refractivity contribution < 1.29 is 18.0 Å². The predicted octanol–water partition coefficient (Wildman–Crippen LogP) is 5.09. The number of hydrogen-bond acceptors (Lipinski definition) is 3. The Kier molecular flexibility index (Phi) is 5.53. The van der Waals surface area contributed by atoms with Crippen LogP contribution in [-0.2, 0) is 12.7 Å². The Balaban J connectivity index is 1.48. The molecule has 1 amide bonds. The van der Waals surface area contributed by atoms with Gasteiger partial charge in [0.1, 0.15) is 0 Å². The van der Waals surface area contributed by atoms with E-state index in [1.807, 2.05) is 36.4 Å². The summed E-state index contributed by atoms with van der Waals surface area (Å²) in [6, 6.07) is 15.5. The van der Waals surface area contributed by atoms with Crippen molar-refractivity contribution in [2.45, 2.75) is 12.7 Å². The second-order valence-electron chi connectivity index (χ2n) is 6.85. The Bertz CT molecular complexity index is 1190. The Labute approximate surface area is 176 Å². The number of carbonyl (C=O) groups is 1. The molecule has 2 N–H and O–H groups in total. The van der Waals surface area contributed by atoms with E-state index in [1.54, 1.807) is 18.6 Å². The lowest BCUT2D eigenvalue weighted by Crippen LogP contribution is -2.22. The summed E-state index contributed by atoms with van der Waals surface area (Å²) >= 11 is 0. The molecule has 2 aromatic heterocycles. The van der Waals surface area contributed by atoms with Crippen LogP contribution >= 0.6 is 0 Å². The SMILES string of the molecule is O=C(NCc1cccc(-c2[nH]ncc2-c2ccncc2)c1)c1ccc(C(F)(F)F)cc1. The molecule has 0 spiro atoms. The lowest BCUT2D eigenvalue weighted by molar-refractivity contribution is -0.137. The number of aromatic nitrogens is 3. The first-order valence-electron chi connectivity index (χ1n) is 9.40. The second kappa shape index (κ2) is 8.43. The molecule has 0 unspecified atom stereocenters. The fraction of sp³-hybridized carbons (Fsp3) is 0.0870. The second-order valence-corrected chi connectivity index (χ2v) is 6.85. The molecule has 0 aliphatic carbocycles. The molecule has 0 radical (unpaired) electrons. The third kappa shape index (κ3) is 4.63. The van der Waals surface area contributed by atoms with Crippen LogP contribution in [0.4, 0.5) is 13.2 Å². The van der Waals surface area contributed by atoms with Crippen molar-refractivity contribution in [2.75, 3.05) is 0 Å². The number of H-pyrrole nitrogens is 1. The van der Waals surface area contributed by atoms with Gasteiger partial charge in [-0.25, -0.2) is 0 Å². The first-order valence-corrected chi connectivity index (χ1v) is 9.40. The van der Waals surface area contributed by atoms with Crippen molar-refractivity contribution in [1.82, 2.24) is 20.5 Å². The standard InChI is InChI=1S/C23H17F3N4O/c24-23(25,26)19-6-4-17(5-7-19)22(31)28-13-15-2-1-3-18(12-15)21-20(14-29-30-21)16-8-10-27-11-9-16/h1-12,14H,13H2,(H,28,31)(H,29,30). The Hall–Kier alpha value is -3.94. The van der Waals surface area contributed by atoms with Crippen LogP contribution in [0.1, 0.15) is 21.5 Å². The maximum atomic E-state index is 12.7. The molecule has 5 nitrogen and oxygen atoms in total. The van der Waals surface area contributed by atoms with E-state index in [2.05, 4.69) is 20.5 Å². The molecule has 2 aromatic carbocycles. The number of hydrogen-bond donors (Lipinski definition) is 2. The summed E-state index contributed by atoms with van der Waals surface area (Å²) < 4.78 is 38.0. The number of alkyl halides is 3. The molecule has 0 atom stereocenters. The molecule has 31 heavy (non-hydrogen) atoms. The molecule has 0 bridgehead atoms. The lowest BCUT2D eigenvalue weighted by Gasteiger charge is -2.10. The first kappa shape index (κ1) is 20.3. The van der Waals surface area contributed by atoms with E-state index in [-0.39, 0.29) is 12.1 Å². The van der Waals surface area contributed by atoms with Gasteiger partial charge in [0.05, 0.1) is 17.5 Å². The summed E-state index contributed by atoms with van der Waals surface area (Å²) in [5, 5.41) is 9.89. The maximum Gasteiger partial charge on any atom is 0.416 e. The summed E-state index contributed by atoms with van der Waals surface area (Å²) in [6.45, 7) is 0.229. The first-order chi connectivity index (χ1) is 14.9. The molecule has 4 rings (SSSR count). The third-order valence-electron chi connectivity index (χ3n) is 4.77. The van der Waals surface area contributed by atoms with Crippen LogP contribution in [0.2, 0.25) is 0 Å². The fourth-order valence-corrected chi connectivity index (χ4v) is 3.19. The summed E-state index contributed by atoms with van der Waals surface area (Å²) in [4.78, 5) is 16.3. The van der Waals surface area contributed by atoms with E-state index in [0.29, 0.717) is 0 Å². The van der Waals surface area contributed by atoms with Gasteiger partial charge >= 0.3 is 6.18 Å². The van der Waals surface area contributed by atoms with Crippen molar-refractivity contribution in [2.24, 2.45) is 0 Å². The monoisotopic (exact) mass is 422 g/mol. The highest BCUT2D eigenvalue weighted by molar-refractivity contribution is 5.94. The van der Waals surface area contributed by atoms with Crippen LogP contribution < -0.4 is 5.32 Å². The van der Waals surface area contributed by atoms with Gasteiger partial charge in [0.2, 0.25) is 0 Å². The van der Waals surface area contributed by atoms with Crippen molar-refractivity contribution in [1.29, 1.82) is 0 Å². The van der Waals surface area contributed by atoms with Crippen LogP contribution in [0.5, 0.6) is 0 Å². The normalized spacial score (nSPS) is 11.3. The molecule has 0 aliphatic heterocycles. The smallest absolute Gasteiger partial charge is 0.348 e. The van der Waals surface area contributed by atoms with Crippen LogP contribution in [0.15, 0.2) is 79.3 Å². The molecular weight excluding hydrogens is 405 g/mol. The molecule has 4 aromatic rings. The van der Waals surface area contributed by atoms with E-state index >= 15 is 0 Å². The topological polar surface area (TPSA) is 70.7 Å². The summed E-state index contributed by atoms with van der Waals surface area (Å²) in [5.74, 6) is -0.446. The molecule has 8 heteroatoms. The van der Waals surface area contributed by atoms with Crippen molar-refractivity contribution in [3.8, 4) is 22.4 Å². The molecule has 0 saturated carbocycles. The largest absolute Gasteiger partial charge is 0.416 e. The summed E-state index contributed by atoms with van der Waals surface area (Å²) in [5.41, 5.74) is 3.84. The van der Waals surface area contributed by atoms with Crippen LogP contribution in [0.25, 0.3) is 22.4 Å². The molecule has 0 saturated heterocycles.